The van der Waals surface area contributed by atoms with Crippen molar-refractivity contribution in [3.8, 4) is 0 Å². The number of nitrogens with zero attached hydrogens (tertiary/aromatic N) is 1. The molecule has 0 radical (unpaired) electrons. The van der Waals surface area contributed by atoms with Gasteiger partial charge in [0, 0.05) is 6.04 Å². The third-order valence-electron chi connectivity index (χ3n) is 2.89. The lowest BCUT2D eigenvalue weighted by Gasteiger charge is -2.18. The summed E-state index contributed by atoms with van der Waals surface area (Å²) in [4.78, 5) is 4.33. The summed E-state index contributed by atoms with van der Waals surface area (Å²) in [6.45, 7) is 5.66. The van der Waals surface area contributed by atoms with E-state index < -0.39 is 0 Å². The zero-order valence-electron chi connectivity index (χ0n) is 11.2. The third-order valence-corrected chi connectivity index (χ3v) is 4.22. The molecular weight excluding hydrogens is 263 g/mol. The fourth-order valence-electron chi connectivity index (χ4n) is 1.76. The molecule has 0 aliphatic carbocycles. The molecule has 5 heteroatoms. The van der Waals surface area contributed by atoms with E-state index in [0.717, 1.165) is 17.0 Å². The average molecular weight is 280 g/mol. The Bertz CT molecular complexity index is 549. The van der Waals surface area contributed by atoms with Gasteiger partial charge in [-0.15, -0.1) is 0 Å². The van der Waals surface area contributed by atoms with Crippen molar-refractivity contribution in [1.29, 1.82) is 0 Å². The van der Waals surface area contributed by atoms with Crippen LogP contribution in [0, 0.1) is 19.7 Å². The molecule has 2 rings (SSSR count). The maximum atomic E-state index is 13.3. The summed E-state index contributed by atoms with van der Waals surface area (Å²) in [5, 5.41) is 0.481. The van der Waals surface area contributed by atoms with Crippen LogP contribution in [0.15, 0.2) is 33.9 Å². The van der Waals surface area contributed by atoms with E-state index in [4.69, 9.17) is 10.2 Å². The molecule has 2 unspecified atom stereocenters. The monoisotopic (exact) mass is 280 g/mol. The number of hydrogen-bond acceptors (Lipinski definition) is 4. The minimum atomic E-state index is -0.261. The summed E-state index contributed by atoms with van der Waals surface area (Å²) < 4.78 is 18.9. The minimum absolute atomic E-state index is 0.0897. The number of thioether (sulfide) groups is 1. The van der Waals surface area contributed by atoms with E-state index in [2.05, 4.69) is 4.98 Å². The molecule has 0 amide bonds. The second-order valence-electron chi connectivity index (χ2n) is 4.57. The van der Waals surface area contributed by atoms with E-state index in [1.54, 1.807) is 6.07 Å². The number of aromatic nitrogens is 1. The van der Waals surface area contributed by atoms with E-state index in [1.165, 1.54) is 23.9 Å². The van der Waals surface area contributed by atoms with Gasteiger partial charge in [-0.05, 0) is 38.5 Å². The maximum Gasteiger partial charge on any atom is 0.256 e. The van der Waals surface area contributed by atoms with Gasteiger partial charge in [0.2, 0.25) is 0 Å². The third kappa shape index (κ3) is 3.36. The number of rotatable bonds is 4. The van der Waals surface area contributed by atoms with Gasteiger partial charge in [0.15, 0.2) is 0 Å². The van der Waals surface area contributed by atoms with Crippen LogP contribution >= 0.6 is 11.8 Å². The smallest absolute Gasteiger partial charge is 0.256 e. The standard InChI is InChI=1S/C14H17FN2OS/c1-8(16)13(11-5-4-6-12(15)7-11)19-14-17-9(2)10(3)18-14/h4-8,13H,16H2,1-3H3. The summed E-state index contributed by atoms with van der Waals surface area (Å²) >= 11 is 1.42. The molecule has 2 N–H and O–H groups in total. The molecule has 3 nitrogen and oxygen atoms in total. The molecule has 0 fully saturated rings. The van der Waals surface area contributed by atoms with E-state index in [9.17, 15) is 4.39 Å². The first-order valence-corrected chi connectivity index (χ1v) is 6.97. The summed E-state index contributed by atoms with van der Waals surface area (Å²) in [5.74, 6) is 0.536. The summed E-state index contributed by atoms with van der Waals surface area (Å²) in [6, 6.07) is 6.34. The van der Waals surface area contributed by atoms with Crippen molar-refractivity contribution in [2.45, 2.75) is 37.3 Å². The van der Waals surface area contributed by atoms with Crippen LogP contribution in [0.1, 0.15) is 29.2 Å². The van der Waals surface area contributed by atoms with Crippen LogP contribution < -0.4 is 5.73 Å². The van der Waals surface area contributed by atoms with Gasteiger partial charge in [0.1, 0.15) is 11.6 Å². The van der Waals surface area contributed by atoms with E-state index in [1.807, 2.05) is 26.8 Å². The van der Waals surface area contributed by atoms with Crippen LogP contribution in [0.25, 0.3) is 0 Å². The quantitative estimate of drug-likeness (QED) is 0.869. The van der Waals surface area contributed by atoms with Crippen LogP contribution in [0.3, 0.4) is 0 Å². The molecule has 0 spiro atoms. The topological polar surface area (TPSA) is 52.0 Å². The number of halogens is 1. The predicted octanol–water partition coefficient (Wildman–Crippen LogP) is 3.61. The Labute approximate surface area is 116 Å². The van der Waals surface area contributed by atoms with Crippen LogP contribution in [-0.4, -0.2) is 11.0 Å². The highest BCUT2D eigenvalue weighted by Crippen LogP contribution is 2.37. The van der Waals surface area contributed by atoms with Gasteiger partial charge in [0.25, 0.3) is 5.22 Å². The van der Waals surface area contributed by atoms with Gasteiger partial charge in [0.05, 0.1) is 10.9 Å². The second kappa shape index (κ2) is 5.75. The zero-order valence-corrected chi connectivity index (χ0v) is 12.0. The fourth-order valence-corrected chi connectivity index (χ4v) is 2.84. The minimum Gasteiger partial charge on any atom is -0.437 e. The highest BCUT2D eigenvalue weighted by molar-refractivity contribution is 7.99. The average Bonchev–Trinajstić information content (AvgIpc) is 2.65. The Morgan fingerprint density at radius 2 is 2.11 bits per heavy atom. The van der Waals surface area contributed by atoms with Crippen molar-refractivity contribution < 1.29 is 8.81 Å². The Morgan fingerprint density at radius 1 is 1.37 bits per heavy atom. The number of nitrogens with two attached hydrogens (primary N) is 1. The molecule has 2 aromatic rings. The first-order chi connectivity index (χ1) is 8.97. The Morgan fingerprint density at radius 3 is 2.63 bits per heavy atom. The van der Waals surface area contributed by atoms with Gasteiger partial charge in [-0.2, -0.15) is 0 Å². The summed E-state index contributed by atoms with van der Waals surface area (Å²) in [7, 11) is 0. The Balaban J connectivity index is 2.26. The second-order valence-corrected chi connectivity index (χ2v) is 5.67. The summed E-state index contributed by atoms with van der Waals surface area (Å²) in [6.07, 6.45) is 0. The molecule has 0 aliphatic rings. The Hall–Kier alpha value is -1.33. The lowest BCUT2D eigenvalue weighted by atomic mass is 10.1. The van der Waals surface area contributed by atoms with Gasteiger partial charge in [-0.1, -0.05) is 23.9 Å². The zero-order chi connectivity index (χ0) is 14.0. The fraction of sp³-hybridized carbons (Fsp3) is 0.357. The van der Waals surface area contributed by atoms with Crippen LogP contribution in [-0.2, 0) is 0 Å². The first-order valence-electron chi connectivity index (χ1n) is 6.09. The molecule has 19 heavy (non-hydrogen) atoms. The summed E-state index contributed by atoms with van der Waals surface area (Å²) in [5.41, 5.74) is 7.71. The molecule has 0 bridgehead atoms. The number of aryl methyl sites for hydroxylation is 2. The Kier molecular flexibility index (Phi) is 4.27. The highest BCUT2D eigenvalue weighted by Gasteiger charge is 2.21. The van der Waals surface area contributed by atoms with Crippen LogP contribution in [0.5, 0.6) is 0 Å². The van der Waals surface area contributed by atoms with Crippen molar-refractivity contribution in [3.63, 3.8) is 0 Å². The van der Waals surface area contributed by atoms with Gasteiger partial charge in [-0.25, -0.2) is 9.37 Å². The van der Waals surface area contributed by atoms with Crippen LogP contribution in [0.4, 0.5) is 4.39 Å². The van der Waals surface area contributed by atoms with Crippen molar-refractivity contribution in [2.75, 3.05) is 0 Å². The number of benzene rings is 1. The lowest BCUT2D eigenvalue weighted by molar-refractivity contribution is 0.429. The van der Waals surface area contributed by atoms with E-state index in [0.29, 0.717) is 5.22 Å². The predicted molar refractivity (Wildman–Crippen MR) is 74.6 cm³/mol. The molecule has 1 aromatic heterocycles. The molecule has 1 aromatic carbocycles. The lowest BCUT2D eigenvalue weighted by Crippen LogP contribution is -2.22. The highest BCUT2D eigenvalue weighted by atomic mass is 32.2. The molecule has 102 valence electrons. The molecular formula is C14H17FN2OS. The van der Waals surface area contributed by atoms with Crippen molar-refractivity contribution in [3.05, 3.63) is 47.1 Å². The molecule has 2 atom stereocenters. The molecule has 0 saturated carbocycles. The normalized spacial score (nSPS) is 14.4. The van der Waals surface area contributed by atoms with Crippen LogP contribution in [0.2, 0.25) is 0 Å². The molecule has 0 aliphatic heterocycles. The molecule has 0 saturated heterocycles. The first kappa shape index (κ1) is 14.1. The molecule has 1 heterocycles. The van der Waals surface area contributed by atoms with Gasteiger partial charge in [-0.3, -0.25) is 0 Å². The van der Waals surface area contributed by atoms with Gasteiger partial charge < -0.3 is 10.2 Å². The van der Waals surface area contributed by atoms with E-state index >= 15 is 0 Å². The van der Waals surface area contributed by atoms with E-state index in [-0.39, 0.29) is 17.1 Å². The number of hydrogen-bond donors (Lipinski definition) is 1. The largest absolute Gasteiger partial charge is 0.437 e. The SMILES string of the molecule is Cc1nc(SC(c2cccc(F)c2)C(C)N)oc1C. The van der Waals surface area contributed by atoms with Crippen molar-refractivity contribution >= 4 is 11.8 Å². The number of oxazole rings is 1. The van der Waals surface area contributed by atoms with Crippen molar-refractivity contribution in [2.24, 2.45) is 5.73 Å². The maximum absolute atomic E-state index is 13.3. The van der Waals surface area contributed by atoms with Crippen molar-refractivity contribution in [1.82, 2.24) is 4.98 Å². The van der Waals surface area contributed by atoms with Gasteiger partial charge >= 0.3 is 0 Å².